The van der Waals surface area contributed by atoms with Crippen LogP contribution in [0.3, 0.4) is 0 Å². The van der Waals surface area contributed by atoms with Gasteiger partial charge in [-0.25, -0.2) is 0 Å². The van der Waals surface area contributed by atoms with Crippen molar-refractivity contribution in [1.29, 1.82) is 0 Å². The number of hydrogen-bond donors (Lipinski definition) is 1. The van der Waals surface area contributed by atoms with E-state index in [2.05, 4.69) is 24.4 Å². The first-order valence-corrected chi connectivity index (χ1v) is 8.83. The van der Waals surface area contributed by atoms with Crippen LogP contribution in [0.1, 0.15) is 18.1 Å². The monoisotopic (exact) mass is 374 g/mol. The summed E-state index contributed by atoms with van der Waals surface area (Å²) in [6.07, 6.45) is 0. The largest absolute Gasteiger partial charge is 0.497 e. The van der Waals surface area contributed by atoms with Crippen molar-refractivity contribution in [3.8, 4) is 5.75 Å². The number of carbonyl (C=O) groups excluding carboxylic acids is 1. The number of carbonyl (C=O) groups is 1. The second-order valence-electron chi connectivity index (χ2n) is 6.73. The molecular weight excluding hydrogens is 348 g/mol. The first kappa shape index (κ1) is 20.3. The van der Waals surface area contributed by atoms with Crippen LogP contribution in [0.25, 0.3) is 0 Å². The highest BCUT2D eigenvalue weighted by Gasteiger charge is 2.31. The molecule has 0 aliphatic carbocycles. The van der Waals surface area contributed by atoms with Crippen LogP contribution in [0.2, 0.25) is 0 Å². The van der Waals surface area contributed by atoms with E-state index in [0.29, 0.717) is 19.0 Å². The molecule has 0 radical (unpaired) electrons. The fourth-order valence-electron chi connectivity index (χ4n) is 3.12. The lowest BCUT2D eigenvalue weighted by Gasteiger charge is -2.35. The van der Waals surface area contributed by atoms with E-state index < -0.39 is 0 Å². The summed E-state index contributed by atoms with van der Waals surface area (Å²) in [5, 5.41) is 3.26. The van der Waals surface area contributed by atoms with Gasteiger partial charge in [0.05, 0.1) is 7.11 Å². The molecule has 1 N–H and O–H groups in total. The molecule has 1 fully saturated rings. The van der Waals surface area contributed by atoms with E-state index >= 15 is 0 Å². The molecular formula is C21H27ClN2O2. The Morgan fingerprint density at radius 3 is 2.15 bits per heavy atom. The summed E-state index contributed by atoms with van der Waals surface area (Å²) < 4.78 is 5.22. The molecule has 5 heteroatoms. The van der Waals surface area contributed by atoms with Crippen LogP contribution in [-0.4, -0.2) is 31.0 Å². The molecule has 1 heterocycles. The van der Waals surface area contributed by atoms with Gasteiger partial charge in [0.25, 0.3) is 0 Å². The molecule has 1 aliphatic heterocycles. The molecule has 2 aromatic carbocycles. The third kappa shape index (κ3) is 4.99. The van der Waals surface area contributed by atoms with Gasteiger partial charge in [-0.3, -0.25) is 4.79 Å². The number of nitrogens with zero attached hydrogens (tertiary/aromatic N) is 1. The Hall–Kier alpha value is -2.04. The lowest BCUT2D eigenvalue weighted by Crippen LogP contribution is -2.50. The van der Waals surface area contributed by atoms with E-state index in [1.165, 1.54) is 0 Å². The Kier molecular flexibility index (Phi) is 7.49. The highest BCUT2D eigenvalue weighted by molar-refractivity contribution is 5.85. The number of amides is 1. The van der Waals surface area contributed by atoms with Gasteiger partial charge in [-0.1, -0.05) is 49.4 Å². The van der Waals surface area contributed by atoms with Crippen LogP contribution in [0, 0.1) is 11.8 Å². The molecule has 1 unspecified atom stereocenters. The number of methoxy groups -OCH3 is 1. The Morgan fingerprint density at radius 1 is 1.08 bits per heavy atom. The zero-order valence-electron chi connectivity index (χ0n) is 15.4. The normalized spacial score (nSPS) is 14.7. The third-order valence-electron chi connectivity index (χ3n) is 4.97. The van der Waals surface area contributed by atoms with E-state index in [0.717, 1.165) is 30.0 Å². The van der Waals surface area contributed by atoms with Crippen molar-refractivity contribution in [1.82, 2.24) is 10.2 Å². The molecule has 3 rings (SSSR count). The molecule has 140 valence electrons. The minimum Gasteiger partial charge on any atom is -0.497 e. The lowest BCUT2D eigenvalue weighted by atomic mass is 9.87. The maximum absolute atomic E-state index is 13.1. The fraction of sp³-hybridized carbons (Fsp3) is 0.381. The second kappa shape index (κ2) is 9.60. The van der Waals surface area contributed by atoms with Gasteiger partial charge < -0.3 is 15.0 Å². The standard InChI is InChI=1S/C21H26N2O2.ClH/c1-16(19-12-22-13-19)21(24)23(14-17-6-4-3-5-7-17)15-18-8-10-20(25-2)11-9-18;/h3-11,16,19,22H,12-15H2,1-2H3;1H. The van der Waals surface area contributed by atoms with E-state index in [-0.39, 0.29) is 24.2 Å². The summed E-state index contributed by atoms with van der Waals surface area (Å²) in [5.74, 6) is 1.55. The second-order valence-corrected chi connectivity index (χ2v) is 6.73. The molecule has 0 spiro atoms. The molecule has 1 saturated heterocycles. The molecule has 2 aromatic rings. The minimum absolute atomic E-state index is 0. The molecule has 4 nitrogen and oxygen atoms in total. The van der Waals surface area contributed by atoms with Crippen LogP contribution >= 0.6 is 12.4 Å². The molecule has 0 saturated carbocycles. The predicted octanol–water partition coefficient (Wildman–Crippen LogP) is 3.50. The van der Waals surface area contributed by atoms with Gasteiger partial charge in [-0.2, -0.15) is 0 Å². The van der Waals surface area contributed by atoms with Crippen molar-refractivity contribution < 1.29 is 9.53 Å². The van der Waals surface area contributed by atoms with Gasteiger partial charge in [0.1, 0.15) is 5.75 Å². The Labute approximate surface area is 162 Å². The Bertz CT molecular complexity index is 687. The maximum Gasteiger partial charge on any atom is 0.226 e. The van der Waals surface area contributed by atoms with Gasteiger partial charge in [-0.15, -0.1) is 12.4 Å². The molecule has 1 aliphatic rings. The highest BCUT2D eigenvalue weighted by atomic mass is 35.5. The summed E-state index contributed by atoms with van der Waals surface area (Å²) in [6.45, 7) is 5.18. The maximum atomic E-state index is 13.1. The minimum atomic E-state index is 0. The quantitative estimate of drug-likeness (QED) is 0.806. The van der Waals surface area contributed by atoms with Gasteiger partial charge in [0.2, 0.25) is 5.91 Å². The van der Waals surface area contributed by atoms with Crippen molar-refractivity contribution in [3.05, 3.63) is 65.7 Å². The van der Waals surface area contributed by atoms with E-state index in [1.54, 1.807) is 7.11 Å². The SMILES string of the molecule is COc1ccc(CN(Cc2ccccc2)C(=O)C(C)C2CNC2)cc1.Cl. The molecule has 0 aromatic heterocycles. The summed E-state index contributed by atoms with van der Waals surface area (Å²) in [4.78, 5) is 15.1. The zero-order valence-corrected chi connectivity index (χ0v) is 16.2. The van der Waals surface area contributed by atoms with Gasteiger partial charge >= 0.3 is 0 Å². The van der Waals surface area contributed by atoms with Crippen molar-refractivity contribution >= 4 is 18.3 Å². The van der Waals surface area contributed by atoms with Crippen molar-refractivity contribution in [2.75, 3.05) is 20.2 Å². The molecule has 26 heavy (non-hydrogen) atoms. The average molecular weight is 375 g/mol. The van der Waals surface area contributed by atoms with Crippen LogP contribution in [0.5, 0.6) is 5.75 Å². The van der Waals surface area contributed by atoms with Gasteiger partial charge in [-0.05, 0) is 42.3 Å². The van der Waals surface area contributed by atoms with Gasteiger partial charge in [0.15, 0.2) is 0 Å². The van der Waals surface area contributed by atoms with Crippen molar-refractivity contribution in [3.63, 3.8) is 0 Å². The number of halogens is 1. The smallest absolute Gasteiger partial charge is 0.226 e. The molecule has 1 amide bonds. The van der Waals surface area contributed by atoms with Gasteiger partial charge in [0, 0.05) is 19.0 Å². The molecule has 0 bridgehead atoms. The highest BCUT2D eigenvalue weighted by Crippen LogP contribution is 2.22. The Morgan fingerprint density at radius 2 is 1.65 bits per heavy atom. The number of benzene rings is 2. The lowest BCUT2D eigenvalue weighted by molar-refractivity contribution is -0.138. The van der Waals surface area contributed by atoms with E-state index in [4.69, 9.17) is 4.74 Å². The fourth-order valence-corrected chi connectivity index (χ4v) is 3.12. The Balaban J connectivity index is 0.00000243. The number of nitrogens with one attached hydrogen (secondary N) is 1. The van der Waals surface area contributed by atoms with Crippen LogP contribution < -0.4 is 10.1 Å². The number of hydrogen-bond acceptors (Lipinski definition) is 3. The first-order valence-electron chi connectivity index (χ1n) is 8.83. The van der Waals surface area contributed by atoms with E-state index in [1.807, 2.05) is 47.4 Å². The molecule has 1 atom stereocenters. The van der Waals surface area contributed by atoms with Crippen molar-refractivity contribution in [2.45, 2.75) is 20.0 Å². The van der Waals surface area contributed by atoms with Crippen molar-refractivity contribution in [2.24, 2.45) is 11.8 Å². The summed E-state index contributed by atoms with van der Waals surface area (Å²) in [6, 6.07) is 18.1. The summed E-state index contributed by atoms with van der Waals surface area (Å²) >= 11 is 0. The van der Waals surface area contributed by atoms with E-state index in [9.17, 15) is 4.79 Å². The first-order chi connectivity index (χ1) is 12.2. The topological polar surface area (TPSA) is 41.6 Å². The van der Waals surface area contributed by atoms with Crippen LogP contribution in [-0.2, 0) is 17.9 Å². The average Bonchev–Trinajstić information content (AvgIpc) is 2.60. The van der Waals surface area contributed by atoms with Crippen LogP contribution in [0.4, 0.5) is 0 Å². The summed E-state index contributed by atoms with van der Waals surface area (Å²) in [7, 11) is 1.66. The number of rotatable bonds is 7. The zero-order chi connectivity index (χ0) is 17.6. The van der Waals surface area contributed by atoms with Crippen LogP contribution in [0.15, 0.2) is 54.6 Å². The predicted molar refractivity (Wildman–Crippen MR) is 106 cm³/mol. The number of ether oxygens (including phenoxy) is 1. The summed E-state index contributed by atoms with van der Waals surface area (Å²) in [5.41, 5.74) is 2.27. The third-order valence-corrected chi connectivity index (χ3v) is 4.97.